The molecule has 83 heavy (non-hydrogen) atoms. The van der Waals surface area contributed by atoms with Gasteiger partial charge in [0, 0.05) is 10.8 Å². The van der Waals surface area contributed by atoms with E-state index in [4.69, 9.17) is 25.0 Å². The molecular formula is C82H50O. The molecule has 0 aliphatic carbocycles. The molecule has 0 fully saturated rings. The van der Waals surface area contributed by atoms with Gasteiger partial charge in [-0.3, -0.25) is 0 Å². The Labute approximate surface area is 516 Å². The highest BCUT2D eigenvalue weighted by Gasteiger charge is 2.20. The second-order valence-electron chi connectivity index (χ2n) is 20.1. The topological polar surface area (TPSA) is 13.1 Å². The van der Waals surface area contributed by atoms with Gasteiger partial charge in [0.05, 0.1) is 35.6 Å². The molecule has 1 heteroatoms. The van der Waals surface area contributed by atoms with Crippen molar-refractivity contribution in [3.05, 3.63) is 303 Å². The van der Waals surface area contributed by atoms with Crippen molar-refractivity contribution in [1.82, 2.24) is 0 Å². The molecule has 0 aliphatic heterocycles. The minimum absolute atomic E-state index is 0.312. The molecule has 0 amide bonds. The van der Waals surface area contributed by atoms with Gasteiger partial charge in [-0.25, -0.2) is 0 Å². The predicted molar refractivity (Wildman–Crippen MR) is 355 cm³/mol. The molecule has 17 aromatic carbocycles. The van der Waals surface area contributed by atoms with Crippen LogP contribution in [0.4, 0.5) is 0 Å². The van der Waals surface area contributed by atoms with Crippen LogP contribution in [-0.4, -0.2) is 0 Å². The van der Waals surface area contributed by atoms with E-state index in [1.165, 1.54) is 54.9 Å². The summed E-state index contributed by atoms with van der Waals surface area (Å²) in [6.07, 6.45) is 0. The zero-order chi connectivity index (χ0) is 77.2. The fourth-order valence-electron chi connectivity index (χ4n) is 11.8. The van der Waals surface area contributed by atoms with Crippen molar-refractivity contribution in [2.75, 3.05) is 0 Å². The number of rotatable bonds is 6. The first-order valence-electron chi connectivity index (χ1n) is 39.6. The van der Waals surface area contributed by atoms with Gasteiger partial charge in [-0.1, -0.05) is 260 Å². The lowest BCUT2D eigenvalue weighted by molar-refractivity contribution is 0.669. The van der Waals surface area contributed by atoms with E-state index in [-0.39, 0.29) is 21.5 Å². The number of fused-ring (bicyclic) bond motifs is 5. The standard InChI is InChI=1S/C44H26.C38H24O/c1-2-6-27(7-3-1)34-24-35(37-20-16-32-14-12-28-8-4-10-30-18-22-39(37)43(32)41(28)30)26-36(25-34)38-21-17-33-15-13-29-9-5-11-31-19-23-40(38)44(33)42(29)31;1-3-11-25(12-4-1)27-19-21-35-33(23-27)34-24-28(20-22-36(34)39-35)38-31-17-9-7-15-29(31)37(26-13-5-2-6-14-26)30-16-8-10-18-32(30)38/h1-26H;1-24H/i1D,2D,3D,4D,5D,6D,7D,8D,9D,10D,11D,12D,13D,14D,15D,16D,17D,18D,19D,20D,21D,22D,23D,24D,25D,26D;. The summed E-state index contributed by atoms with van der Waals surface area (Å²) in [5.74, 6) is 0. The van der Waals surface area contributed by atoms with Crippen molar-refractivity contribution in [2.24, 2.45) is 0 Å². The lowest BCUT2D eigenvalue weighted by Gasteiger charge is -2.18. The number of furan rings is 1. The second-order valence-corrected chi connectivity index (χ2v) is 20.1. The summed E-state index contributed by atoms with van der Waals surface area (Å²) in [5.41, 5.74) is 4.27. The number of hydrogen-bond donors (Lipinski definition) is 0. The van der Waals surface area contributed by atoms with Crippen molar-refractivity contribution < 1.29 is 40.1 Å². The van der Waals surface area contributed by atoms with Crippen molar-refractivity contribution in [3.63, 3.8) is 0 Å². The lowest BCUT2D eigenvalue weighted by Crippen LogP contribution is -1.91. The van der Waals surface area contributed by atoms with Gasteiger partial charge in [0.2, 0.25) is 0 Å². The first-order chi connectivity index (χ1) is 52.0. The lowest BCUT2D eigenvalue weighted by atomic mass is 9.86. The average molecular weight is 1080 g/mol. The molecule has 0 radical (unpaired) electrons. The number of benzene rings is 17. The second kappa shape index (κ2) is 18.9. The molecule has 0 unspecified atom stereocenters. The Balaban J connectivity index is 0.000000186. The zero-order valence-corrected chi connectivity index (χ0v) is 43.3. The van der Waals surface area contributed by atoms with E-state index in [1.54, 1.807) is 0 Å². The minimum Gasteiger partial charge on any atom is -0.456 e. The van der Waals surface area contributed by atoms with Crippen LogP contribution >= 0.6 is 0 Å². The van der Waals surface area contributed by atoms with Gasteiger partial charge in [-0.2, -0.15) is 0 Å². The van der Waals surface area contributed by atoms with Crippen molar-refractivity contribution in [2.45, 2.75) is 0 Å². The molecule has 384 valence electrons. The summed E-state index contributed by atoms with van der Waals surface area (Å²) < 4.78 is 242. The first kappa shape index (κ1) is 28.0. The van der Waals surface area contributed by atoms with Gasteiger partial charge in [-0.05, 0) is 195 Å². The molecule has 0 spiro atoms. The van der Waals surface area contributed by atoms with Gasteiger partial charge >= 0.3 is 0 Å². The molecule has 1 nitrogen and oxygen atoms in total. The molecule has 0 aliphatic rings. The van der Waals surface area contributed by atoms with E-state index >= 15 is 0 Å². The largest absolute Gasteiger partial charge is 0.456 e. The Hall–Kier alpha value is -10.9. The summed E-state index contributed by atoms with van der Waals surface area (Å²) in [4.78, 5) is 0. The van der Waals surface area contributed by atoms with Crippen LogP contribution in [-0.2, 0) is 0 Å². The van der Waals surface area contributed by atoms with Crippen molar-refractivity contribution >= 4 is 108 Å². The highest BCUT2D eigenvalue weighted by atomic mass is 16.3. The van der Waals surface area contributed by atoms with Crippen molar-refractivity contribution in [3.8, 4) is 66.8 Å². The molecule has 18 rings (SSSR count). The van der Waals surface area contributed by atoms with Crippen LogP contribution in [0.5, 0.6) is 0 Å². The third kappa shape index (κ3) is 7.63. The molecule has 0 N–H and O–H groups in total. The van der Waals surface area contributed by atoms with Crippen LogP contribution in [0.1, 0.15) is 35.6 Å². The normalized spacial score (nSPS) is 16.2. The fourth-order valence-corrected chi connectivity index (χ4v) is 11.8. The third-order valence-electron chi connectivity index (χ3n) is 15.5. The minimum atomic E-state index is -1.06. The van der Waals surface area contributed by atoms with Crippen LogP contribution in [0.3, 0.4) is 0 Å². The van der Waals surface area contributed by atoms with Crippen LogP contribution in [0, 0.1) is 0 Å². The Morgan fingerprint density at radius 2 is 0.627 bits per heavy atom. The van der Waals surface area contributed by atoms with Gasteiger partial charge in [0.25, 0.3) is 0 Å². The highest BCUT2D eigenvalue weighted by molar-refractivity contribution is 6.28. The van der Waals surface area contributed by atoms with Gasteiger partial charge < -0.3 is 4.42 Å². The number of hydrogen-bond acceptors (Lipinski definition) is 1. The summed E-state index contributed by atoms with van der Waals surface area (Å²) in [7, 11) is 0. The van der Waals surface area contributed by atoms with E-state index in [2.05, 4.69) is 146 Å². The molecule has 18 aromatic rings. The van der Waals surface area contributed by atoms with Crippen molar-refractivity contribution in [1.29, 1.82) is 0 Å². The quantitative estimate of drug-likeness (QED) is 0.119. The summed E-state index contributed by atoms with van der Waals surface area (Å²) in [6, 6.07) is 29.7. The van der Waals surface area contributed by atoms with Crippen LogP contribution in [0.15, 0.2) is 307 Å². The zero-order valence-electron chi connectivity index (χ0n) is 69.3. The molecule has 0 saturated carbocycles. The smallest absolute Gasteiger partial charge is 0.135 e. The van der Waals surface area contributed by atoms with Gasteiger partial charge in [0.15, 0.2) is 0 Å². The molecule has 0 bridgehead atoms. The maximum atomic E-state index is 10.0. The SMILES string of the molecule is [2H]c1c([2H])c([2H])c(-c2c([2H])c(-c3c([2H])c([2H])c4c([2H])c([2H])c5c([2H])c([2H])c([2H])c6c([2H])c([2H])c3c4c56)c([2H])c(-c3c([2H])c([2H])c4c([2H])c([2H])c5c([2H])c([2H])c([2H])c6c([2H])c([2H])c3c4c56)c2[2H])c([2H])c1[2H].c1ccc(-c2ccc3oc4ccc(-c5c6ccccc6c(-c6ccccc6)c6ccccc56)cc4c3c2)cc1. The van der Waals surface area contributed by atoms with Gasteiger partial charge in [0.1, 0.15) is 11.2 Å². The predicted octanol–water partition coefficient (Wildman–Crippen LogP) is 23.4. The molecule has 1 aromatic heterocycles. The molecule has 1 heterocycles. The molecular weight excluding hydrogens is 1000 g/mol. The maximum Gasteiger partial charge on any atom is 0.135 e. The Morgan fingerprint density at radius 3 is 1.13 bits per heavy atom. The van der Waals surface area contributed by atoms with E-state index in [0.29, 0.717) is 0 Å². The van der Waals surface area contributed by atoms with E-state index in [9.17, 15) is 15.1 Å². The Bertz CT molecular complexity index is 6790. The highest BCUT2D eigenvalue weighted by Crippen LogP contribution is 2.47. The van der Waals surface area contributed by atoms with Crippen LogP contribution in [0.2, 0.25) is 0 Å². The van der Waals surface area contributed by atoms with Crippen LogP contribution < -0.4 is 0 Å². The third-order valence-corrected chi connectivity index (χ3v) is 15.5. The first-order valence-corrected chi connectivity index (χ1v) is 26.6. The van der Waals surface area contributed by atoms with E-state index < -0.39 is 234 Å². The Kier molecular flexibility index (Phi) is 6.38. The van der Waals surface area contributed by atoms with Crippen LogP contribution in [0.25, 0.3) is 175 Å². The summed E-state index contributed by atoms with van der Waals surface area (Å²) in [6.45, 7) is 0. The monoisotopic (exact) mass is 1080 g/mol. The van der Waals surface area contributed by atoms with E-state index in [0.717, 1.165) is 21.9 Å². The molecule has 0 saturated heterocycles. The fraction of sp³-hybridized carbons (Fsp3) is 0. The average Bonchev–Trinajstić information content (AvgIpc) is 1.44. The Morgan fingerprint density at radius 1 is 0.229 bits per heavy atom. The van der Waals surface area contributed by atoms with Gasteiger partial charge in [-0.15, -0.1) is 0 Å². The maximum absolute atomic E-state index is 10.0. The van der Waals surface area contributed by atoms with E-state index in [1.807, 2.05) is 0 Å². The summed E-state index contributed by atoms with van der Waals surface area (Å²) >= 11 is 0. The summed E-state index contributed by atoms with van der Waals surface area (Å²) in [5, 5.41) is 2.10. The molecule has 0 atom stereocenters.